The summed E-state index contributed by atoms with van der Waals surface area (Å²) in [6, 6.07) is 4.74. The summed E-state index contributed by atoms with van der Waals surface area (Å²) in [5, 5.41) is 6.76. The van der Waals surface area contributed by atoms with E-state index in [4.69, 9.17) is 4.98 Å². The fourth-order valence-electron chi connectivity index (χ4n) is 1.71. The summed E-state index contributed by atoms with van der Waals surface area (Å²) < 4.78 is 0. The van der Waals surface area contributed by atoms with Gasteiger partial charge in [0.05, 0.1) is 0 Å². The maximum absolute atomic E-state index is 4.71. The van der Waals surface area contributed by atoms with E-state index in [-0.39, 0.29) is 5.41 Å². The van der Waals surface area contributed by atoms with Crippen LogP contribution in [0.3, 0.4) is 0 Å². The molecule has 0 unspecified atom stereocenters. The van der Waals surface area contributed by atoms with Crippen molar-refractivity contribution in [1.29, 1.82) is 0 Å². The number of nitrogens with one attached hydrogen (secondary N) is 2. The molecule has 1 rings (SSSR count). The van der Waals surface area contributed by atoms with Gasteiger partial charge in [-0.2, -0.15) is 0 Å². The predicted octanol–water partition coefficient (Wildman–Crippen LogP) is 3.31. The second-order valence-corrected chi connectivity index (χ2v) is 6.08. The average Bonchev–Trinajstić information content (AvgIpc) is 2.24. The minimum absolute atomic E-state index is 0.0790. The van der Waals surface area contributed by atoms with E-state index in [0.29, 0.717) is 6.04 Å². The van der Waals surface area contributed by atoms with Crippen LogP contribution >= 0.6 is 0 Å². The monoisotopic (exact) mass is 249 g/mol. The minimum Gasteiger partial charge on any atom is -0.368 e. The predicted molar refractivity (Wildman–Crippen MR) is 79.1 cm³/mol. The lowest BCUT2D eigenvalue weighted by Gasteiger charge is -2.21. The number of anilines is 1. The van der Waals surface area contributed by atoms with Crippen LogP contribution in [0.25, 0.3) is 0 Å². The van der Waals surface area contributed by atoms with E-state index in [9.17, 15) is 0 Å². The van der Waals surface area contributed by atoms with Gasteiger partial charge in [-0.25, -0.2) is 4.98 Å². The highest BCUT2D eigenvalue weighted by Gasteiger charge is 2.17. The summed E-state index contributed by atoms with van der Waals surface area (Å²) in [5.41, 5.74) is 2.51. The summed E-state index contributed by atoms with van der Waals surface area (Å²) in [5.74, 6) is 0.977. The minimum atomic E-state index is 0.0790. The third kappa shape index (κ3) is 4.65. The first-order valence-electron chi connectivity index (χ1n) is 6.81. The van der Waals surface area contributed by atoms with Gasteiger partial charge in [0.15, 0.2) is 0 Å². The first kappa shape index (κ1) is 15.0. The molecular weight excluding hydrogens is 222 g/mol. The van der Waals surface area contributed by atoms with E-state index in [0.717, 1.165) is 24.6 Å². The second-order valence-electron chi connectivity index (χ2n) is 6.08. The summed E-state index contributed by atoms with van der Waals surface area (Å²) in [6.45, 7) is 14.9. The quantitative estimate of drug-likeness (QED) is 0.840. The molecule has 1 aromatic rings. The molecule has 0 fully saturated rings. The zero-order valence-corrected chi connectivity index (χ0v) is 12.6. The van der Waals surface area contributed by atoms with Gasteiger partial charge >= 0.3 is 0 Å². The second kappa shape index (κ2) is 6.19. The van der Waals surface area contributed by atoms with E-state index in [1.165, 1.54) is 5.56 Å². The van der Waals surface area contributed by atoms with E-state index in [1.807, 2.05) is 0 Å². The lowest BCUT2D eigenvalue weighted by atomic mass is 9.90. The number of nitrogens with zero attached hydrogens (tertiary/aromatic N) is 1. The molecule has 3 nitrogen and oxygen atoms in total. The molecule has 0 aliphatic carbocycles. The molecule has 0 saturated carbocycles. The van der Waals surface area contributed by atoms with Crippen LogP contribution in [0, 0.1) is 0 Å². The van der Waals surface area contributed by atoms with Crippen molar-refractivity contribution in [2.45, 2.75) is 59.5 Å². The molecule has 0 bridgehead atoms. The van der Waals surface area contributed by atoms with Gasteiger partial charge < -0.3 is 10.6 Å². The van der Waals surface area contributed by atoms with Gasteiger partial charge in [0.2, 0.25) is 0 Å². The molecule has 0 aromatic carbocycles. The third-order valence-electron chi connectivity index (χ3n) is 2.67. The Kier molecular flexibility index (Phi) is 5.15. The Balaban J connectivity index is 3.03. The molecule has 18 heavy (non-hydrogen) atoms. The molecule has 102 valence electrons. The maximum Gasteiger partial charge on any atom is 0.126 e. The summed E-state index contributed by atoms with van der Waals surface area (Å²) in [7, 11) is 0. The molecule has 0 aliphatic rings. The number of rotatable bonds is 5. The van der Waals surface area contributed by atoms with Crippen molar-refractivity contribution < 1.29 is 0 Å². The molecule has 0 atom stereocenters. The van der Waals surface area contributed by atoms with Crippen LogP contribution in [-0.4, -0.2) is 17.6 Å². The van der Waals surface area contributed by atoms with Crippen molar-refractivity contribution in [2.75, 3.05) is 11.9 Å². The van der Waals surface area contributed by atoms with Crippen LogP contribution in [0.5, 0.6) is 0 Å². The Labute approximate surface area is 111 Å². The number of aromatic nitrogens is 1. The molecule has 2 N–H and O–H groups in total. The SMILES string of the molecule is CCNCc1cc(NC(C)C)nc(C(C)(C)C)c1. The highest BCUT2D eigenvalue weighted by Crippen LogP contribution is 2.23. The van der Waals surface area contributed by atoms with Gasteiger partial charge in [-0.1, -0.05) is 27.7 Å². The van der Waals surface area contributed by atoms with E-state index in [2.05, 4.69) is 64.3 Å². The Morgan fingerprint density at radius 1 is 1.22 bits per heavy atom. The van der Waals surface area contributed by atoms with Crippen LogP contribution in [-0.2, 0) is 12.0 Å². The fourth-order valence-corrected chi connectivity index (χ4v) is 1.71. The third-order valence-corrected chi connectivity index (χ3v) is 2.67. The lowest BCUT2D eigenvalue weighted by Crippen LogP contribution is -2.19. The summed E-state index contributed by atoms with van der Waals surface area (Å²) in [6.07, 6.45) is 0. The van der Waals surface area contributed by atoms with Crippen LogP contribution in [0.4, 0.5) is 5.82 Å². The highest BCUT2D eigenvalue weighted by molar-refractivity contribution is 5.41. The highest BCUT2D eigenvalue weighted by atomic mass is 15.0. The Bertz CT molecular complexity index is 378. The molecule has 0 aliphatic heterocycles. The zero-order chi connectivity index (χ0) is 13.8. The largest absolute Gasteiger partial charge is 0.368 e. The Hall–Kier alpha value is -1.09. The van der Waals surface area contributed by atoms with Gasteiger partial charge in [0.25, 0.3) is 0 Å². The van der Waals surface area contributed by atoms with Gasteiger partial charge in [0, 0.05) is 23.7 Å². The van der Waals surface area contributed by atoms with Crippen molar-refractivity contribution in [1.82, 2.24) is 10.3 Å². The Morgan fingerprint density at radius 3 is 2.39 bits per heavy atom. The topological polar surface area (TPSA) is 37.0 Å². The fraction of sp³-hybridized carbons (Fsp3) is 0.667. The van der Waals surface area contributed by atoms with E-state index in [1.54, 1.807) is 0 Å². The van der Waals surface area contributed by atoms with Gasteiger partial charge in [-0.05, 0) is 38.1 Å². The van der Waals surface area contributed by atoms with Gasteiger partial charge in [-0.15, -0.1) is 0 Å². The van der Waals surface area contributed by atoms with Crippen LogP contribution in [0.1, 0.15) is 52.8 Å². The van der Waals surface area contributed by atoms with Crippen molar-refractivity contribution in [3.05, 3.63) is 23.4 Å². The number of hydrogen-bond donors (Lipinski definition) is 2. The normalized spacial score (nSPS) is 11.9. The molecule has 1 aromatic heterocycles. The maximum atomic E-state index is 4.71. The van der Waals surface area contributed by atoms with Crippen molar-refractivity contribution >= 4 is 5.82 Å². The molecule has 0 saturated heterocycles. The van der Waals surface area contributed by atoms with Crippen molar-refractivity contribution in [2.24, 2.45) is 0 Å². The lowest BCUT2D eigenvalue weighted by molar-refractivity contribution is 0.567. The molecule has 1 heterocycles. The van der Waals surface area contributed by atoms with Crippen LogP contribution < -0.4 is 10.6 Å². The first-order chi connectivity index (χ1) is 8.32. The van der Waals surface area contributed by atoms with Crippen molar-refractivity contribution in [3.8, 4) is 0 Å². The zero-order valence-electron chi connectivity index (χ0n) is 12.6. The first-order valence-corrected chi connectivity index (χ1v) is 6.81. The van der Waals surface area contributed by atoms with Crippen LogP contribution in [0.15, 0.2) is 12.1 Å². The molecule has 3 heteroatoms. The van der Waals surface area contributed by atoms with Gasteiger partial charge in [0.1, 0.15) is 5.82 Å². The smallest absolute Gasteiger partial charge is 0.126 e. The Morgan fingerprint density at radius 2 is 1.89 bits per heavy atom. The average molecular weight is 249 g/mol. The summed E-state index contributed by atoms with van der Waals surface area (Å²) in [4.78, 5) is 4.71. The van der Waals surface area contributed by atoms with Crippen LogP contribution in [0.2, 0.25) is 0 Å². The van der Waals surface area contributed by atoms with E-state index < -0.39 is 0 Å². The summed E-state index contributed by atoms with van der Waals surface area (Å²) >= 11 is 0. The molecule has 0 amide bonds. The van der Waals surface area contributed by atoms with Crippen molar-refractivity contribution in [3.63, 3.8) is 0 Å². The number of pyridine rings is 1. The molecule has 0 spiro atoms. The van der Waals surface area contributed by atoms with E-state index >= 15 is 0 Å². The number of hydrogen-bond acceptors (Lipinski definition) is 3. The molecular formula is C15H27N3. The van der Waals surface area contributed by atoms with Gasteiger partial charge in [-0.3, -0.25) is 0 Å². The molecule has 0 radical (unpaired) electrons. The standard InChI is InChI=1S/C15H27N3/c1-7-16-10-12-8-13(15(4,5)6)18-14(9-12)17-11(2)3/h8-9,11,16H,7,10H2,1-6H3,(H,17,18).